The van der Waals surface area contributed by atoms with E-state index in [-0.39, 0.29) is 0 Å². The summed E-state index contributed by atoms with van der Waals surface area (Å²) in [6.07, 6.45) is 26.0. The minimum absolute atomic E-state index is 0.845. The van der Waals surface area contributed by atoms with Crippen LogP contribution in [0.15, 0.2) is 24.8 Å². The molecule has 0 bridgehead atoms. The van der Waals surface area contributed by atoms with Crippen molar-refractivity contribution in [3.63, 3.8) is 0 Å². The Morgan fingerprint density at radius 2 is 1.30 bits per heavy atom. The number of unbranched alkanes of at least 4 members (excludes halogenated alkanes) is 10. The first-order chi connectivity index (χ1) is 11.2. The fourth-order valence-corrected chi connectivity index (χ4v) is 3.10. The summed E-state index contributed by atoms with van der Waals surface area (Å²) in [4.78, 5) is 0. The predicted molar refractivity (Wildman–Crippen MR) is 108 cm³/mol. The van der Waals surface area contributed by atoms with Crippen LogP contribution >= 0.6 is 0 Å². The lowest BCUT2D eigenvalue weighted by Gasteiger charge is -2.18. The first-order valence-electron chi connectivity index (χ1n) is 10.5. The molecule has 0 radical (unpaired) electrons. The van der Waals surface area contributed by atoms with Crippen LogP contribution in [0.25, 0.3) is 0 Å². The van der Waals surface area contributed by atoms with Crippen molar-refractivity contribution in [3.05, 3.63) is 24.8 Å². The normalized spacial score (nSPS) is 14.2. The Balaban J connectivity index is 3.41. The van der Waals surface area contributed by atoms with Crippen LogP contribution in [0.1, 0.15) is 111 Å². The summed E-state index contributed by atoms with van der Waals surface area (Å²) in [6.45, 7) is 10.9. The first-order valence-corrected chi connectivity index (χ1v) is 10.5. The van der Waals surface area contributed by atoms with Gasteiger partial charge in [-0.3, -0.25) is 0 Å². The van der Waals surface area contributed by atoms with E-state index in [1.54, 1.807) is 0 Å². The maximum Gasteiger partial charge on any atom is -0.0322 e. The number of allylic oxidation sites excluding steroid dienone is 3. The molecule has 0 aromatic rings. The molecule has 0 rings (SSSR count). The van der Waals surface area contributed by atoms with Crippen molar-refractivity contribution in [2.75, 3.05) is 0 Å². The third-order valence-corrected chi connectivity index (χ3v) is 5.19. The van der Waals surface area contributed by atoms with Crippen LogP contribution in [0.2, 0.25) is 0 Å². The second-order valence-corrected chi connectivity index (χ2v) is 7.50. The van der Waals surface area contributed by atoms with Crippen LogP contribution in [0.3, 0.4) is 0 Å². The molecule has 23 heavy (non-hydrogen) atoms. The van der Waals surface area contributed by atoms with Crippen molar-refractivity contribution in [2.24, 2.45) is 11.8 Å². The Labute approximate surface area is 147 Å². The van der Waals surface area contributed by atoms with Gasteiger partial charge in [-0.1, -0.05) is 96.8 Å². The molecule has 0 aliphatic heterocycles. The first kappa shape index (κ1) is 22.5. The molecule has 136 valence electrons. The van der Waals surface area contributed by atoms with Gasteiger partial charge in [0.25, 0.3) is 0 Å². The molecule has 0 heterocycles. The van der Waals surface area contributed by atoms with E-state index in [0.717, 1.165) is 11.8 Å². The van der Waals surface area contributed by atoms with Gasteiger partial charge < -0.3 is 0 Å². The lowest BCUT2D eigenvalue weighted by molar-refractivity contribution is 0.353. The Morgan fingerprint density at radius 1 is 0.696 bits per heavy atom. The molecule has 0 aliphatic rings. The molecule has 0 saturated heterocycles. The van der Waals surface area contributed by atoms with Crippen LogP contribution in [0.5, 0.6) is 0 Å². The fourth-order valence-electron chi connectivity index (χ4n) is 3.10. The Hall–Kier alpha value is -0.520. The number of hydrogen-bond donors (Lipinski definition) is 0. The van der Waals surface area contributed by atoms with E-state index >= 15 is 0 Å². The number of hydrogen-bond acceptors (Lipinski definition) is 0. The summed E-state index contributed by atoms with van der Waals surface area (Å²) in [7, 11) is 0. The third kappa shape index (κ3) is 16.1. The van der Waals surface area contributed by atoms with Gasteiger partial charge in [-0.15, -0.1) is 6.58 Å². The van der Waals surface area contributed by atoms with Crippen molar-refractivity contribution in [1.29, 1.82) is 0 Å². The molecule has 0 nitrogen and oxygen atoms in total. The van der Waals surface area contributed by atoms with Crippen molar-refractivity contribution in [3.8, 4) is 0 Å². The molecular formula is C23H44. The summed E-state index contributed by atoms with van der Waals surface area (Å²) in [6, 6.07) is 0. The average molecular weight is 321 g/mol. The van der Waals surface area contributed by atoms with Crippen LogP contribution in [0, 0.1) is 11.8 Å². The summed E-state index contributed by atoms with van der Waals surface area (Å²) in [5.41, 5.74) is 0. The summed E-state index contributed by atoms with van der Waals surface area (Å²) >= 11 is 0. The van der Waals surface area contributed by atoms with Crippen LogP contribution in [-0.2, 0) is 0 Å². The zero-order chi connectivity index (χ0) is 17.2. The van der Waals surface area contributed by atoms with Crippen LogP contribution < -0.4 is 0 Å². The predicted octanol–water partition coefficient (Wildman–Crippen LogP) is 8.48. The van der Waals surface area contributed by atoms with E-state index < -0.39 is 0 Å². The maximum atomic E-state index is 3.77. The lowest BCUT2D eigenvalue weighted by Crippen LogP contribution is -2.06. The molecule has 2 unspecified atom stereocenters. The van der Waals surface area contributed by atoms with Gasteiger partial charge in [0.15, 0.2) is 0 Å². The van der Waals surface area contributed by atoms with Gasteiger partial charge in [-0.05, 0) is 43.9 Å². The molecule has 0 spiro atoms. The smallest absolute Gasteiger partial charge is 0.0322 e. The van der Waals surface area contributed by atoms with Gasteiger partial charge in [0.05, 0.1) is 0 Å². The Kier molecular flexibility index (Phi) is 17.4. The van der Waals surface area contributed by atoms with Crippen molar-refractivity contribution >= 4 is 0 Å². The third-order valence-electron chi connectivity index (χ3n) is 5.19. The molecule has 0 N–H and O–H groups in total. The maximum absolute atomic E-state index is 3.77. The van der Waals surface area contributed by atoms with E-state index in [1.165, 1.54) is 89.9 Å². The quantitative estimate of drug-likeness (QED) is 0.186. The molecule has 0 heteroatoms. The summed E-state index contributed by atoms with van der Waals surface area (Å²) in [5.74, 6) is 1.73. The van der Waals surface area contributed by atoms with Gasteiger partial charge in [0.1, 0.15) is 0 Å². The molecule has 0 aromatic carbocycles. The van der Waals surface area contributed by atoms with E-state index in [2.05, 4.69) is 39.5 Å². The Bertz CT molecular complexity index is 263. The summed E-state index contributed by atoms with van der Waals surface area (Å²) < 4.78 is 0. The lowest BCUT2D eigenvalue weighted by atomic mass is 9.88. The highest BCUT2D eigenvalue weighted by molar-refractivity contribution is 4.84. The van der Waals surface area contributed by atoms with E-state index in [9.17, 15) is 0 Å². The van der Waals surface area contributed by atoms with E-state index in [4.69, 9.17) is 0 Å². The van der Waals surface area contributed by atoms with Crippen molar-refractivity contribution in [2.45, 2.75) is 111 Å². The molecule has 0 saturated carbocycles. The monoisotopic (exact) mass is 320 g/mol. The standard InChI is InChI=1S/C23H44/c1-5-7-9-11-12-13-14-15-16-17-19-21-23(4)22(3)20-18-10-8-6-2/h5,17,19,22-23H,1,6-16,18,20-21H2,2-4H3. The minimum atomic E-state index is 0.845. The van der Waals surface area contributed by atoms with Gasteiger partial charge in [-0.2, -0.15) is 0 Å². The van der Waals surface area contributed by atoms with Crippen molar-refractivity contribution in [1.82, 2.24) is 0 Å². The van der Waals surface area contributed by atoms with E-state index in [1.807, 2.05) is 6.08 Å². The highest BCUT2D eigenvalue weighted by Gasteiger charge is 2.09. The Morgan fingerprint density at radius 3 is 1.96 bits per heavy atom. The van der Waals surface area contributed by atoms with Gasteiger partial charge in [0.2, 0.25) is 0 Å². The van der Waals surface area contributed by atoms with E-state index in [0.29, 0.717) is 0 Å². The number of rotatable bonds is 17. The average Bonchev–Trinajstić information content (AvgIpc) is 2.56. The second kappa shape index (κ2) is 17.8. The largest absolute Gasteiger partial charge is 0.103 e. The van der Waals surface area contributed by atoms with Crippen LogP contribution in [0.4, 0.5) is 0 Å². The summed E-state index contributed by atoms with van der Waals surface area (Å²) in [5, 5.41) is 0. The zero-order valence-electron chi connectivity index (χ0n) is 16.5. The molecule has 0 fully saturated rings. The highest BCUT2D eigenvalue weighted by Crippen LogP contribution is 2.22. The second-order valence-electron chi connectivity index (χ2n) is 7.50. The van der Waals surface area contributed by atoms with Crippen LogP contribution in [-0.4, -0.2) is 0 Å². The fraction of sp³-hybridized carbons (Fsp3) is 0.826. The molecule has 0 aliphatic carbocycles. The topological polar surface area (TPSA) is 0 Å². The van der Waals surface area contributed by atoms with Gasteiger partial charge in [-0.25, -0.2) is 0 Å². The van der Waals surface area contributed by atoms with Gasteiger partial charge >= 0.3 is 0 Å². The molecule has 0 aromatic heterocycles. The SMILES string of the molecule is C=CCCCCCCCCC=CCC(C)C(C)CCCCCC. The van der Waals surface area contributed by atoms with Crippen molar-refractivity contribution < 1.29 is 0 Å². The molecule has 2 atom stereocenters. The minimum Gasteiger partial charge on any atom is -0.103 e. The van der Waals surface area contributed by atoms with Gasteiger partial charge in [0, 0.05) is 0 Å². The molecule has 0 amide bonds. The zero-order valence-corrected chi connectivity index (χ0v) is 16.5. The molecular weight excluding hydrogens is 276 g/mol. The highest BCUT2D eigenvalue weighted by atomic mass is 14.2.